The average molecular weight is 204 g/mol. The van der Waals surface area contributed by atoms with Gasteiger partial charge in [0.25, 0.3) is 0 Å². The molecule has 0 saturated heterocycles. The van der Waals surface area contributed by atoms with Gasteiger partial charge in [-0.2, -0.15) is 13.2 Å². The first kappa shape index (κ1) is 10.5. The first-order valence-corrected chi connectivity index (χ1v) is 3.66. The first-order chi connectivity index (χ1) is 6.32. The lowest BCUT2D eigenvalue weighted by atomic mass is 10.1. The molecule has 0 unspecified atom stereocenters. The van der Waals surface area contributed by atoms with Crippen LogP contribution < -0.4 is 5.73 Å². The number of carbonyl (C=O) groups excluding carboxylic acids is 1. The quantitative estimate of drug-likeness (QED) is 0.710. The van der Waals surface area contributed by atoms with Gasteiger partial charge in [0, 0.05) is 6.92 Å². The van der Waals surface area contributed by atoms with Crippen molar-refractivity contribution in [1.82, 2.24) is 4.98 Å². The fourth-order valence-electron chi connectivity index (χ4n) is 0.978. The summed E-state index contributed by atoms with van der Waals surface area (Å²) in [6.07, 6.45) is -3.59. The normalized spacial score (nSPS) is 11.4. The van der Waals surface area contributed by atoms with Gasteiger partial charge < -0.3 is 5.73 Å². The van der Waals surface area contributed by atoms with Crippen LogP contribution in [-0.2, 0) is 6.18 Å². The van der Waals surface area contributed by atoms with E-state index in [9.17, 15) is 18.0 Å². The van der Waals surface area contributed by atoms with Crippen LogP contribution in [0.1, 0.15) is 23.0 Å². The summed E-state index contributed by atoms with van der Waals surface area (Å²) in [7, 11) is 0. The van der Waals surface area contributed by atoms with Gasteiger partial charge >= 0.3 is 6.18 Å². The van der Waals surface area contributed by atoms with Crippen molar-refractivity contribution in [3.63, 3.8) is 0 Å². The van der Waals surface area contributed by atoms with E-state index in [-0.39, 0.29) is 5.69 Å². The molecule has 1 rings (SSSR count). The van der Waals surface area contributed by atoms with Gasteiger partial charge in [0.2, 0.25) is 0 Å². The molecule has 76 valence electrons. The highest BCUT2D eigenvalue weighted by atomic mass is 19.4. The zero-order valence-corrected chi connectivity index (χ0v) is 7.22. The minimum Gasteiger partial charge on any atom is -0.397 e. The Labute approximate surface area is 77.7 Å². The molecule has 0 aliphatic carbocycles. The third-order valence-corrected chi connectivity index (χ3v) is 1.55. The maximum atomic E-state index is 12.3. The molecule has 0 saturated carbocycles. The van der Waals surface area contributed by atoms with E-state index < -0.39 is 23.2 Å². The topological polar surface area (TPSA) is 56.0 Å². The van der Waals surface area contributed by atoms with E-state index in [2.05, 4.69) is 4.98 Å². The van der Waals surface area contributed by atoms with E-state index in [1.165, 1.54) is 0 Å². The Balaban J connectivity index is 3.38. The lowest BCUT2D eigenvalue weighted by Gasteiger charge is -2.10. The van der Waals surface area contributed by atoms with E-state index in [1.807, 2.05) is 0 Å². The van der Waals surface area contributed by atoms with Crippen molar-refractivity contribution in [2.24, 2.45) is 0 Å². The summed E-state index contributed by atoms with van der Waals surface area (Å²) in [4.78, 5) is 14.2. The van der Waals surface area contributed by atoms with Crippen molar-refractivity contribution >= 4 is 11.5 Å². The molecule has 1 aromatic heterocycles. The predicted molar refractivity (Wildman–Crippen MR) is 43.7 cm³/mol. The van der Waals surface area contributed by atoms with Gasteiger partial charge in [-0.1, -0.05) is 0 Å². The van der Waals surface area contributed by atoms with Crippen molar-refractivity contribution in [2.45, 2.75) is 13.1 Å². The number of hydrogen-bond acceptors (Lipinski definition) is 3. The number of hydrogen-bond donors (Lipinski definition) is 1. The number of carbonyl (C=O) groups is 1. The van der Waals surface area contributed by atoms with Crippen LogP contribution in [0.3, 0.4) is 0 Å². The second-order valence-corrected chi connectivity index (χ2v) is 2.72. The number of alkyl halides is 3. The van der Waals surface area contributed by atoms with Crippen molar-refractivity contribution in [1.29, 1.82) is 0 Å². The molecule has 0 amide bonds. The van der Waals surface area contributed by atoms with Crippen LogP contribution in [0, 0.1) is 0 Å². The van der Waals surface area contributed by atoms with E-state index in [4.69, 9.17) is 5.73 Å². The molecule has 0 aliphatic rings. The minimum atomic E-state index is -4.61. The second-order valence-electron chi connectivity index (χ2n) is 2.72. The zero-order valence-electron chi connectivity index (χ0n) is 7.22. The maximum Gasteiger partial charge on any atom is 0.418 e. The smallest absolute Gasteiger partial charge is 0.397 e. The number of nitrogen functional groups attached to an aromatic ring is 1. The standard InChI is InChI=1S/C8H7F3N2O/c1-4(14)7-6(8(9,10)11)2-5(12)3-13-7/h2-3H,12H2,1H3. The second kappa shape index (κ2) is 3.28. The molecule has 0 bridgehead atoms. The van der Waals surface area contributed by atoms with Crippen molar-refractivity contribution in [3.8, 4) is 0 Å². The molecule has 0 aromatic carbocycles. The van der Waals surface area contributed by atoms with Gasteiger partial charge in [0.1, 0.15) is 5.69 Å². The highest BCUT2D eigenvalue weighted by Crippen LogP contribution is 2.32. The van der Waals surface area contributed by atoms with E-state index in [0.717, 1.165) is 13.1 Å². The van der Waals surface area contributed by atoms with Crippen LogP contribution in [0.2, 0.25) is 0 Å². The van der Waals surface area contributed by atoms with Gasteiger partial charge in [0.05, 0.1) is 17.4 Å². The Bertz CT molecular complexity index is 373. The van der Waals surface area contributed by atoms with E-state index in [1.54, 1.807) is 0 Å². The van der Waals surface area contributed by atoms with E-state index in [0.29, 0.717) is 6.07 Å². The lowest BCUT2D eigenvalue weighted by molar-refractivity contribution is -0.138. The van der Waals surface area contributed by atoms with Gasteiger partial charge in [-0.25, -0.2) is 0 Å². The van der Waals surface area contributed by atoms with Crippen LogP contribution in [-0.4, -0.2) is 10.8 Å². The Morgan fingerprint density at radius 3 is 2.50 bits per heavy atom. The van der Waals surface area contributed by atoms with Crippen LogP contribution >= 0.6 is 0 Å². The van der Waals surface area contributed by atoms with Gasteiger partial charge in [0.15, 0.2) is 5.78 Å². The summed E-state index contributed by atoms with van der Waals surface area (Å²) in [6, 6.07) is 0.698. The maximum absolute atomic E-state index is 12.3. The Kier molecular flexibility index (Phi) is 2.46. The van der Waals surface area contributed by atoms with Gasteiger partial charge in [-0.15, -0.1) is 0 Å². The third kappa shape index (κ3) is 2.01. The number of aromatic nitrogens is 1. The number of Topliss-reactive ketones (excluding diaryl/α,β-unsaturated/α-hetero) is 1. The summed E-state index contributed by atoms with van der Waals surface area (Å²) in [6.45, 7) is 1.02. The van der Waals surface area contributed by atoms with E-state index >= 15 is 0 Å². The number of nitrogens with zero attached hydrogens (tertiary/aromatic N) is 1. The Morgan fingerprint density at radius 2 is 2.07 bits per heavy atom. The Hall–Kier alpha value is -1.59. The number of anilines is 1. The Morgan fingerprint density at radius 1 is 1.50 bits per heavy atom. The summed E-state index contributed by atoms with van der Waals surface area (Å²) in [5, 5.41) is 0. The average Bonchev–Trinajstić information content (AvgIpc) is 2.01. The van der Waals surface area contributed by atoms with Crippen molar-refractivity contribution < 1.29 is 18.0 Å². The summed E-state index contributed by atoms with van der Waals surface area (Å²) in [5.41, 5.74) is 3.33. The molecule has 3 nitrogen and oxygen atoms in total. The third-order valence-electron chi connectivity index (χ3n) is 1.55. The lowest BCUT2D eigenvalue weighted by Crippen LogP contribution is -2.14. The molecule has 0 fully saturated rings. The molecule has 0 aliphatic heterocycles. The number of pyridine rings is 1. The predicted octanol–water partition coefficient (Wildman–Crippen LogP) is 1.89. The molecule has 2 N–H and O–H groups in total. The highest BCUT2D eigenvalue weighted by molar-refractivity contribution is 5.94. The molecular formula is C8H7F3N2O. The first-order valence-electron chi connectivity index (χ1n) is 3.66. The highest BCUT2D eigenvalue weighted by Gasteiger charge is 2.35. The largest absolute Gasteiger partial charge is 0.418 e. The molecular weight excluding hydrogens is 197 g/mol. The van der Waals surface area contributed by atoms with Gasteiger partial charge in [-0.05, 0) is 6.07 Å². The molecule has 6 heteroatoms. The SMILES string of the molecule is CC(=O)c1ncc(N)cc1C(F)(F)F. The number of rotatable bonds is 1. The fraction of sp³-hybridized carbons (Fsp3) is 0.250. The van der Waals surface area contributed by atoms with Crippen molar-refractivity contribution in [3.05, 3.63) is 23.5 Å². The van der Waals surface area contributed by atoms with Gasteiger partial charge in [-0.3, -0.25) is 9.78 Å². The zero-order chi connectivity index (χ0) is 10.9. The minimum absolute atomic E-state index is 0.123. The number of ketones is 1. The van der Waals surface area contributed by atoms with Crippen LogP contribution in [0.25, 0.3) is 0 Å². The number of nitrogens with two attached hydrogens (primary N) is 1. The molecule has 0 atom stereocenters. The summed E-state index contributed by atoms with van der Waals surface area (Å²) < 4.78 is 37.0. The molecule has 1 aromatic rings. The van der Waals surface area contributed by atoms with Crippen LogP contribution in [0.15, 0.2) is 12.3 Å². The molecule has 0 spiro atoms. The molecule has 1 heterocycles. The van der Waals surface area contributed by atoms with Crippen LogP contribution in [0.4, 0.5) is 18.9 Å². The van der Waals surface area contributed by atoms with Crippen LogP contribution in [0.5, 0.6) is 0 Å². The monoisotopic (exact) mass is 204 g/mol. The summed E-state index contributed by atoms with van der Waals surface area (Å²) in [5.74, 6) is -0.739. The molecule has 14 heavy (non-hydrogen) atoms. The number of halogens is 3. The fourth-order valence-corrected chi connectivity index (χ4v) is 0.978. The molecule has 0 radical (unpaired) electrons. The van der Waals surface area contributed by atoms with Crippen molar-refractivity contribution in [2.75, 3.05) is 5.73 Å². The summed E-state index contributed by atoms with van der Waals surface area (Å²) >= 11 is 0.